The van der Waals surface area contributed by atoms with Crippen LogP contribution in [-0.4, -0.2) is 11.2 Å². The Morgan fingerprint density at radius 3 is 3.00 bits per heavy atom. The molecule has 0 spiro atoms. The second-order valence-corrected chi connectivity index (χ2v) is 2.37. The van der Waals surface area contributed by atoms with Gasteiger partial charge in [0.1, 0.15) is 0 Å². The molecule has 1 aromatic rings. The van der Waals surface area contributed by atoms with Crippen LogP contribution in [0.3, 0.4) is 0 Å². The first-order valence-electron chi connectivity index (χ1n) is 3.14. The summed E-state index contributed by atoms with van der Waals surface area (Å²) < 4.78 is 4.24. The molecule has 1 unspecified atom stereocenters. The zero-order chi connectivity index (χ0) is 6.27. The van der Waals surface area contributed by atoms with Crippen LogP contribution < -0.4 is 10.00 Å². The predicted octanol–water partition coefficient (Wildman–Crippen LogP) is -0.586. The highest BCUT2D eigenvalue weighted by molar-refractivity contribution is 4.82. The average molecular weight is 124 g/mol. The molecule has 2 rings (SSSR count). The fourth-order valence-corrected chi connectivity index (χ4v) is 0.997. The summed E-state index contributed by atoms with van der Waals surface area (Å²) in [5.41, 5.74) is 0. The van der Waals surface area contributed by atoms with E-state index >= 15 is 0 Å². The van der Waals surface area contributed by atoms with Crippen molar-refractivity contribution in [3.8, 4) is 0 Å². The molecular formula is C6H10N3+. The smallest absolute Gasteiger partial charge is 0.195 e. The zero-order valence-electron chi connectivity index (χ0n) is 5.41. The summed E-state index contributed by atoms with van der Waals surface area (Å²) in [6.45, 7) is 1.11. The first kappa shape index (κ1) is 4.99. The van der Waals surface area contributed by atoms with Crippen molar-refractivity contribution in [3.63, 3.8) is 0 Å². The number of hydrogen-bond acceptors (Lipinski definition) is 1. The Kier molecular flexibility index (Phi) is 0.873. The maximum Gasteiger partial charge on any atom is 0.195 e. The molecule has 3 heteroatoms. The molecule has 48 valence electrons. The van der Waals surface area contributed by atoms with E-state index in [0.717, 1.165) is 6.54 Å². The lowest BCUT2D eigenvalue weighted by molar-refractivity contribution is -0.754. The summed E-state index contributed by atoms with van der Waals surface area (Å²) in [5, 5.41) is 3.22. The Balaban J connectivity index is 2.35. The number of nitrogens with zero attached hydrogens (tertiary/aromatic N) is 2. The molecule has 1 N–H and O–H groups in total. The van der Waals surface area contributed by atoms with Crippen LogP contribution in [0.15, 0.2) is 18.5 Å². The number of aryl methyl sites for hydroxylation is 1. The van der Waals surface area contributed by atoms with Crippen molar-refractivity contribution in [2.24, 2.45) is 7.05 Å². The van der Waals surface area contributed by atoms with Crippen molar-refractivity contribution in [1.29, 1.82) is 0 Å². The van der Waals surface area contributed by atoms with E-state index in [2.05, 4.69) is 20.9 Å². The van der Waals surface area contributed by atoms with Gasteiger partial charge in [-0.15, -0.1) is 9.36 Å². The number of aromatic nitrogens is 2. The zero-order valence-corrected chi connectivity index (χ0v) is 5.41. The third-order valence-corrected chi connectivity index (χ3v) is 1.61. The quantitative estimate of drug-likeness (QED) is 0.394. The first-order valence-corrected chi connectivity index (χ1v) is 3.14. The average Bonchev–Trinajstić information content (AvgIpc) is 2.58. The molecule has 0 bridgehead atoms. The van der Waals surface area contributed by atoms with E-state index < -0.39 is 0 Å². The van der Waals surface area contributed by atoms with Crippen LogP contribution in [0, 0.1) is 0 Å². The van der Waals surface area contributed by atoms with E-state index in [-0.39, 0.29) is 0 Å². The molecule has 0 amide bonds. The van der Waals surface area contributed by atoms with Crippen molar-refractivity contribution < 1.29 is 4.68 Å². The van der Waals surface area contributed by atoms with E-state index in [4.69, 9.17) is 0 Å². The van der Waals surface area contributed by atoms with Gasteiger partial charge in [0.25, 0.3) is 0 Å². The summed E-state index contributed by atoms with van der Waals surface area (Å²) in [5.74, 6) is 0. The van der Waals surface area contributed by atoms with Gasteiger partial charge >= 0.3 is 0 Å². The topological polar surface area (TPSA) is 30.8 Å². The van der Waals surface area contributed by atoms with Crippen LogP contribution >= 0.6 is 0 Å². The second kappa shape index (κ2) is 1.57. The molecule has 0 aromatic carbocycles. The maximum atomic E-state index is 3.22. The fourth-order valence-electron chi connectivity index (χ4n) is 0.997. The minimum atomic E-state index is 0.560. The van der Waals surface area contributed by atoms with Crippen molar-refractivity contribution in [2.45, 2.75) is 6.17 Å². The van der Waals surface area contributed by atoms with Gasteiger partial charge in [0.05, 0.1) is 6.20 Å². The molecule has 9 heavy (non-hydrogen) atoms. The fraction of sp³-hybridized carbons (Fsp3) is 0.500. The lowest BCUT2D eigenvalue weighted by Crippen LogP contribution is -2.37. The summed E-state index contributed by atoms with van der Waals surface area (Å²) >= 11 is 0. The van der Waals surface area contributed by atoms with Crippen molar-refractivity contribution in [3.05, 3.63) is 18.5 Å². The molecule has 0 saturated carbocycles. The molecule has 1 saturated heterocycles. The van der Waals surface area contributed by atoms with Crippen LogP contribution in [0.5, 0.6) is 0 Å². The van der Waals surface area contributed by atoms with Crippen molar-refractivity contribution >= 4 is 0 Å². The van der Waals surface area contributed by atoms with Crippen LogP contribution in [0.1, 0.15) is 6.17 Å². The maximum absolute atomic E-state index is 3.22. The molecule has 0 radical (unpaired) electrons. The Labute approximate surface area is 53.9 Å². The summed E-state index contributed by atoms with van der Waals surface area (Å²) in [7, 11) is 2.04. The number of hydrogen-bond donors (Lipinski definition) is 1. The second-order valence-electron chi connectivity index (χ2n) is 2.37. The molecule has 1 aliphatic heterocycles. The largest absolute Gasteiger partial charge is 0.288 e. The highest BCUT2D eigenvalue weighted by atomic mass is 15.5. The molecule has 2 heterocycles. The van der Waals surface area contributed by atoms with Crippen LogP contribution in [0.25, 0.3) is 0 Å². The molecule has 1 aliphatic rings. The van der Waals surface area contributed by atoms with Gasteiger partial charge in [-0.1, -0.05) is 0 Å². The predicted molar refractivity (Wildman–Crippen MR) is 32.6 cm³/mol. The third kappa shape index (κ3) is 0.733. The van der Waals surface area contributed by atoms with Crippen LogP contribution in [0.4, 0.5) is 0 Å². The van der Waals surface area contributed by atoms with E-state index in [9.17, 15) is 0 Å². The lowest BCUT2D eigenvalue weighted by atomic mass is 10.7. The normalized spacial score (nSPS) is 24.3. The SMILES string of the molecule is C[n+]1cccn1C1CN1. The Bertz CT molecular complexity index is 212. The van der Waals surface area contributed by atoms with Gasteiger partial charge in [0.2, 0.25) is 0 Å². The van der Waals surface area contributed by atoms with Gasteiger partial charge < -0.3 is 0 Å². The van der Waals surface area contributed by atoms with Gasteiger partial charge in [-0.05, 0) is 0 Å². The summed E-state index contributed by atoms with van der Waals surface area (Å²) in [4.78, 5) is 0. The molecule has 3 nitrogen and oxygen atoms in total. The molecule has 1 aromatic heterocycles. The van der Waals surface area contributed by atoms with Crippen LogP contribution in [0.2, 0.25) is 0 Å². The van der Waals surface area contributed by atoms with E-state index in [1.165, 1.54) is 0 Å². The Hall–Kier alpha value is -0.830. The van der Waals surface area contributed by atoms with Crippen molar-refractivity contribution in [1.82, 2.24) is 10.00 Å². The van der Waals surface area contributed by atoms with Gasteiger partial charge in [-0.2, -0.15) is 0 Å². The molecule has 0 aliphatic carbocycles. The third-order valence-electron chi connectivity index (χ3n) is 1.61. The minimum absolute atomic E-state index is 0.560. The number of rotatable bonds is 1. The van der Waals surface area contributed by atoms with Crippen molar-refractivity contribution in [2.75, 3.05) is 6.54 Å². The Morgan fingerprint density at radius 2 is 2.56 bits per heavy atom. The van der Waals surface area contributed by atoms with E-state index in [1.54, 1.807) is 0 Å². The number of nitrogens with one attached hydrogen (secondary N) is 1. The summed E-state index contributed by atoms with van der Waals surface area (Å²) in [6.07, 6.45) is 4.68. The van der Waals surface area contributed by atoms with Gasteiger partial charge in [-0.3, -0.25) is 5.32 Å². The molecule has 1 atom stereocenters. The first-order chi connectivity index (χ1) is 4.38. The monoisotopic (exact) mass is 124 g/mol. The highest BCUT2D eigenvalue weighted by Crippen LogP contribution is 2.08. The molecular weight excluding hydrogens is 114 g/mol. The summed E-state index contributed by atoms with van der Waals surface area (Å²) in [6, 6.07) is 2.04. The van der Waals surface area contributed by atoms with Gasteiger partial charge in [-0.25, -0.2) is 0 Å². The standard InChI is InChI=1S/C6H10N3/c1-8-3-2-4-9(8)6-5-7-6/h2-4,6-7H,5H2,1H3/q+1. The van der Waals surface area contributed by atoms with Crippen LogP contribution in [-0.2, 0) is 7.05 Å². The highest BCUT2D eigenvalue weighted by Gasteiger charge is 2.26. The van der Waals surface area contributed by atoms with Gasteiger partial charge in [0, 0.05) is 12.6 Å². The lowest BCUT2D eigenvalue weighted by Gasteiger charge is -1.91. The van der Waals surface area contributed by atoms with E-state index in [0.29, 0.717) is 6.17 Å². The Morgan fingerprint density at radius 1 is 1.78 bits per heavy atom. The van der Waals surface area contributed by atoms with Gasteiger partial charge in [0.15, 0.2) is 19.4 Å². The van der Waals surface area contributed by atoms with E-state index in [1.807, 2.05) is 19.3 Å². The minimum Gasteiger partial charge on any atom is -0.288 e. The molecule has 1 fully saturated rings.